The van der Waals surface area contributed by atoms with Crippen LogP contribution in [0.1, 0.15) is 13.8 Å². The van der Waals surface area contributed by atoms with Gasteiger partial charge in [-0.25, -0.2) is 8.42 Å². The summed E-state index contributed by atoms with van der Waals surface area (Å²) in [6.07, 6.45) is 1.02. The number of carbonyl (C=O) groups excluding carboxylic acids is 1. The lowest BCUT2D eigenvalue weighted by Crippen LogP contribution is -2.29. The molecular weight excluding hydrogens is 296 g/mol. The quantitative estimate of drug-likeness (QED) is 0.733. The number of benzene rings is 1. The van der Waals surface area contributed by atoms with Crippen molar-refractivity contribution < 1.29 is 23.1 Å². The van der Waals surface area contributed by atoms with Crippen LogP contribution in [0, 0.1) is 11.8 Å². The van der Waals surface area contributed by atoms with Crippen molar-refractivity contribution in [2.75, 3.05) is 16.3 Å². The van der Waals surface area contributed by atoms with Gasteiger partial charge in [0.05, 0.1) is 17.9 Å². The van der Waals surface area contributed by atoms with E-state index in [4.69, 9.17) is 5.11 Å². The Morgan fingerprint density at radius 3 is 2.24 bits per heavy atom. The molecule has 0 aliphatic heterocycles. The van der Waals surface area contributed by atoms with E-state index in [-0.39, 0.29) is 0 Å². The number of carbonyl (C=O) groups is 2. The summed E-state index contributed by atoms with van der Waals surface area (Å²) in [5.41, 5.74) is 0.701. The Morgan fingerprint density at radius 2 is 1.71 bits per heavy atom. The van der Waals surface area contributed by atoms with Gasteiger partial charge in [0.1, 0.15) is 0 Å². The topological polar surface area (TPSA) is 113 Å². The van der Waals surface area contributed by atoms with E-state index in [2.05, 4.69) is 10.0 Å². The Balaban J connectivity index is 2.82. The van der Waals surface area contributed by atoms with E-state index in [0.717, 1.165) is 6.26 Å². The summed E-state index contributed by atoms with van der Waals surface area (Å²) in [5, 5.41) is 11.4. The van der Waals surface area contributed by atoms with Crippen molar-refractivity contribution in [3.05, 3.63) is 24.3 Å². The number of carboxylic acid groups (broad SMARTS) is 1. The monoisotopic (exact) mass is 314 g/mol. The van der Waals surface area contributed by atoms with Crippen molar-refractivity contribution >= 4 is 33.3 Å². The van der Waals surface area contributed by atoms with Gasteiger partial charge in [-0.05, 0) is 18.2 Å². The molecule has 0 saturated carbocycles. The molecule has 1 aromatic carbocycles. The van der Waals surface area contributed by atoms with Crippen LogP contribution in [0.4, 0.5) is 11.4 Å². The second-order valence-electron chi connectivity index (χ2n) is 4.86. The molecule has 1 aromatic rings. The maximum atomic E-state index is 11.9. The number of amides is 1. The summed E-state index contributed by atoms with van der Waals surface area (Å²) in [7, 11) is -3.40. The highest BCUT2D eigenvalue weighted by atomic mass is 32.2. The first-order chi connectivity index (χ1) is 9.60. The highest BCUT2D eigenvalue weighted by Crippen LogP contribution is 2.19. The van der Waals surface area contributed by atoms with Gasteiger partial charge in [0.15, 0.2) is 0 Å². The van der Waals surface area contributed by atoms with E-state index in [1.807, 2.05) is 0 Å². The van der Waals surface area contributed by atoms with Crippen LogP contribution in [-0.4, -0.2) is 31.7 Å². The van der Waals surface area contributed by atoms with Crippen LogP contribution < -0.4 is 10.0 Å². The van der Waals surface area contributed by atoms with Crippen LogP contribution in [0.25, 0.3) is 0 Å². The molecule has 0 aliphatic rings. The Kier molecular flexibility index (Phi) is 5.31. The molecule has 0 bridgehead atoms. The van der Waals surface area contributed by atoms with Crippen LogP contribution in [-0.2, 0) is 19.6 Å². The third-order valence-corrected chi connectivity index (χ3v) is 3.59. The molecule has 8 heteroatoms. The van der Waals surface area contributed by atoms with Crippen LogP contribution in [0.5, 0.6) is 0 Å². The normalized spacial score (nSPS) is 14.0. The number of hydrogen-bond acceptors (Lipinski definition) is 4. The fourth-order valence-electron chi connectivity index (χ4n) is 1.57. The minimum absolute atomic E-state index is 0.314. The second-order valence-corrected chi connectivity index (χ2v) is 6.61. The molecule has 1 rings (SSSR count). The van der Waals surface area contributed by atoms with E-state index in [9.17, 15) is 18.0 Å². The number of rotatable bonds is 6. The molecule has 0 saturated heterocycles. The zero-order valence-corrected chi connectivity index (χ0v) is 12.8. The molecule has 0 radical (unpaired) electrons. The summed E-state index contributed by atoms with van der Waals surface area (Å²) in [4.78, 5) is 22.8. The van der Waals surface area contributed by atoms with Crippen LogP contribution in [0.15, 0.2) is 24.3 Å². The maximum Gasteiger partial charge on any atom is 0.307 e. The Bertz CT molecular complexity index is 642. The largest absolute Gasteiger partial charge is 0.481 e. The predicted octanol–water partition coefficient (Wildman–Crippen LogP) is 1.35. The van der Waals surface area contributed by atoms with E-state index in [1.165, 1.54) is 19.9 Å². The molecule has 0 aromatic heterocycles. The highest BCUT2D eigenvalue weighted by Gasteiger charge is 2.25. The van der Waals surface area contributed by atoms with E-state index < -0.39 is 33.7 Å². The summed E-state index contributed by atoms with van der Waals surface area (Å²) in [6.45, 7) is 2.97. The van der Waals surface area contributed by atoms with Gasteiger partial charge in [0.2, 0.25) is 15.9 Å². The third-order valence-electron chi connectivity index (χ3n) is 2.99. The number of aliphatic carboxylic acids is 1. The zero-order valence-electron chi connectivity index (χ0n) is 12.0. The van der Waals surface area contributed by atoms with Gasteiger partial charge >= 0.3 is 5.97 Å². The van der Waals surface area contributed by atoms with Gasteiger partial charge in [0.25, 0.3) is 0 Å². The number of nitrogens with one attached hydrogen (secondary N) is 2. The lowest BCUT2D eigenvalue weighted by atomic mass is 9.95. The minimum Gasteiger partial charge on any atom is -0.481 e. The van der Waals surface area contributed by atoms with Gasteiger partial charge in [-0.3, -0.25) is 14.3 Å². The van der Waals surface area contributed by atoms with Crippen molar-refractivity contribution in [1.82, 2.24) is 0 Å². The van der Waals surface area contributed by atoms with E-state index in [1.54, 1.807) is 18.2 Å². The molecule has 3 N–H and O–H groups in total. The highest BCUT2D eigenvalue weighted by molar-refractivity contribution is 7.92. The Labute approximate surface area is 123 Å². The zero-order chi connectivity index (χ0) is 16.2. The van der Waals surface area contributed by atoms with Gasteiger partial charge < -0.3 is 10.4 Å². The lowest BCUT2D eigenvalue weighted by Gasteiger charge is -2.16. The Morgan fingerprint density at radius 1 is 1.14 bits per heavy atom. The molecule has 0 aliphatic carbocycles. The van der Waals surface area contributed by atoms with Gasteiger partial charge in [-0.2, -0.15) is 0 Å². The fourth-order valence-corrected chi connectivity index (χ4v) is 2.13. The lowest BCUT2D eigenvalue weighted by molar-refractivity contribution is -0.145. The first-order valence-corrected chi connectivity index (χ1v) is 8.11. The minimum atomic E-state index is -3.40. The molecule has 0 spiro atoms. The number of hydrogen-bond donors (Lipinski definition) is 3. The predicted molar refractivity (Wildman–Crippen MR) is 79.5 cm³/mol. The Hall–Kier alpha value is -2.09. The van der Waals surface area contributed by atoms with Crippen molar-refractivity contribution in [3.63, 3.8) is 0 Å². The summed E-state index contributed by atoms with van der Waals surface area (Å²) in [6, 6.07) is 6.16. The van der Waals surface area contributed by atoms with Crippen LogP contribution in [0.2, 0.25) is 0 Å². The number of anilines is 2. The van der Waals surface area contributed by atoms with Gasteiger partial charge in [-0.1, -0.05) is 19.9 Å². The van der Waals surface area contributed by atoms with Crippen LogP contribution in [0.3, 0.4) is 0 Å². The smallest absolute Gasteiger partial charge is 0.307 e. The molecule has 1 amide bonds. The molecule has 116 valence electrons. The molecule has 2 atom stereocenters. The fraction of sp³-hybridized carbons (Fsp3) is 0.385. The molecule has 7 nitrogen and oxygen atoms in total. The molecule has 0 fully saturated rings. The molecule has 2 unspecified atom stereocenters. The van der Waals surface area contributed by atoms with Gasteiger partial charge in [-0.15, -0.1) is 0 Å². The standard InChI is InChI=1S/C13H18N2O5S/c1-8(9(2)13(17)18)12(16)14-10-5-4-6-11(7-10)15-21(3,19)20/h4-9,15H,1-3H3,(H,14,16)(H,17,18). The molecule has 21 heavy (non-hydrogen) atoms. The average molecular weight is 314 g/mol. The third kappa shape index (κ3) is 5.42. The summed E-state index contributed by atoms with van der Waals surface area (Å²) >= 11 is 0. The van der Waals surface area contributed by atoms with E-state index in [0.29, 0.717) is 11.4 Å². The molecule has 0 heterocycles. The SMILES string of the molecule is CC(C(=O)O)C(C)C(=O)Nc1cccc(NS(C)(=O)=O)c1. The first kappa shape index (κ1) is 17.0. The summed E-state index contributed by atoms with van der Waals surface area (Å²) < 4.78 is 24.6. The average Bonchev–Trinajstić information content (AvgIpc) is 2.35. The van der Waals surface area contributed by atoms with Gasteiger partial charge in [0, 0.05) is 11.6 Å². The second kappa shape index (κ2) is 6.57. The summed E-state index contributed by atoms with van der Waals surface area (Å²) in [5.74, 6) is -3.03. The molecular formula is C13H18N2O5S. The maximum absolute atomic E-state index is 11.9. The van der Waals surface area contributed by atoms with Crippen molar-refractivity contribution in [3.8, 4) is 0 Å². The van der Waals surface area contributed by atoms with Crippen molar-refractivity contribution in [2.24, 2.45) is 11.8 Å². The number of carboxylic acids is 1. The van der Waals surface area contributed by atoms with Crippen LogP contribution >= 0.6 is 0 Å². The van der Waals surface area contributed by atoms with Crippen molar-refractivity contribution in [2.45, 2.75) is 13.8 Å². The first-order valence-electron chi connectivity index (χ1n) is 6.21. The van der Waals surface area contributed by atoms with Crippen molar-refractivity contribution in [1.29, 1.82) is 0 Å². The van der Waals surface area contributed by atoms with E-state index >= 15 is 0 Å². The number of sulfonamides is 1.